The second-order valence-corrected chi connectivity index (χ2v) is 3.52. The van der Waals surface area contributed by atoms with E-state index in [0.717, 1.165) is 5.69 Å². The summed E-state index contributed by atoms with van der Waals surface area (Å²) in [5, 5.41) is 12.5. The number of aromatic nitrogens is 2. The molecule has 0 amide bonds. The Morgan fingerprint density at radius 1 is 1.24 bits per heavy atom. The van der Waals surface area contributed by atoms with Crippen molar-refractivity contribution in [2.75, 3.05) is 0 Å². The molecule has 2 rings (SSSR count). The largest absolute Gasteiger partial charge is 0.475 e. The van der Waals surface area contributed by atoms with E-state index in [4.69, 9.17) is 5.11 Å². The molecule has 0 unspecified atom stereocenters. The summed E-state index contributed by atoms with van der Waals surface area (Å²) in [6.07, 6.45) is 3.38. The Kier molecular flexibility index (Phi) is 3.00. The number of carboxylic acids is 1. The molecule has 86 valence electrons. The van der Waals surface area contributed by atoms with Crippen molar-refractivity contribution in [2.45, 2.75) is 6.42 Å². The molecule has 0 radical (unpaired) electrons. The van der Waals surface area contributed by atoms with Crippen LogP contribution in [-0.4, -0.2) is 26.6 Å². The molecule has 0 aliphatic carbocycles. The normalized spacial score (nSPS) is 10.1. The first-order valence-corrected chi connectivity index (χ1v) is 5.02. The van der Waals surface area contributed by atoms with Gasteiger partial charge in [0, 0.05) is 18.8 Å². The summed E-state index contributed by atoms with van der Waals surface area (Å²) in [5.41, 5.74) is 1.54. The van der Waals surface area contributed by atoms with Gasteiger partial charge in [0.05, 0.1) is 5.69 Å². The van der Waals surface area contributed by atoms with Crippen LogP contribution in [-0.2, 0) is 16.0 Å². The number of benzene rings is 1. The molecule has 1 aromatic carbocycles. The van der Waals surface area contributed by atoms with E-state index >= 15 is 0 Å². The van der Waals surface area contributed by atoms with Crippen LogP contribution in [0.4, 0.5) is 0 Å². The molecule has 0 saturated carbocycles. The van der Waals surface area contributed by atoms with E-state index in [1.807, 2.05) is 6.07 Å². The molecule has 2 aromatic rings. The average molecular weight is 230 g/mol. The molecule has 0 bridgehead atoms. The molecular weight excluding hydrogens is 220 g/mol. The van der Waals surface area contributed by atoms with Gasteiger partial charge >= 0.3 is 5.97 Å². The van der Waals surface area contributed by atoms with E-state index in [-0.39, 0.29) is 6.42 Å². The van der Waals surface area contributed by atoms with Crippen LogP contribution in [0, 0.1) is 0 Å². The van der Waals surface area contributed by atoms with E-state index in [9.17, 15) is 9.59 Å². The van der Waals surface area contributed by atoms with Gasteiger partial charge in [0.1, 0.15) is 0 Å². The Labute approximate surface area is 97.3 Å². The van der Waals surface area contributed by atoms with Gasteiger partial charge in [0.25, 0.3) is 0 Å². The summed E-state index contributed by atoms with van der Waals surface area (Å²) in [5.74, 6) is -2.21. The second-order valence-electron chi connectivity index (χ2n) is 3.52. The van der Waals surface area contributed by atoms with Crippen LogP contribution in [0.2, 0.25) is 0 Å². The first kappa shape index (κ1) is 11.1. The fourth-order valence-electron chi connectivity index (χ4n) is 1.45. The minimum absolute atomic E-state index is 0.0886. The number of aliphatic carboxylic acids is 1. The predicted molar refractivity (Wildman–Crippen MR) is 59.9 cm³/mol. The van der Waals surface area contributed by atoms with E-state index in [1.165, 1.54) is 0 Å². The SMILES string of the molecule is O=C(O)C(=O)Cc1ccc(-n2cccn2)cc1. The van der Waals surface area contributed by atoms with Crippen molar-refractivity contribution < 1.29 is 14.7 Å². The average Bonchev–Trinajstić information content (AvgIpc) is 2.83. The number of carbonyl (C=O) groups excluding carboxylic acids is 1. The minimum atomic E-state index is -1.40. The maximum absolute atomic E-state index is 11.0. The Balaban J connectivity index is 2.14. The fourth-order valence-corrected chi connectivity index (χ4v) is 1.45. The van der Waals surface area contributed by atoms with Gasteiger partial charge in [-0.05, 0) is 23.8 Å². The molecule has 17 heavy (non-hydrogen) atoms. The summed E-state index contributed by atoms with van der Waals surface area (Å²) in [6.45, 7) is 0. The summed E-state index contributed by atoms with van der Waals surface area (Å²) in [7, 11) is 0. The number of rotatable bonds is 4. The van der Waals surface area contributed by atoms with Crippen molar-refractivity contribution in [2.24, 2.45) is 0 Å². The van der Waals surface area contributed by atoms with Crippen LogP contribution in [0.5, 0.6) is 0 Å². The number of Topliss-reactive ketones (excluding diaryl/α,β-unsaturated/α-hetero) is 1. The third-order valence-corrected chi connectivity index (χ3v) is 2.31. The smallest absolute Gasteiger partial charge is 0.372 e. The Bertz CT molecular complexity index is 529. The molecule has 0 fully saturated rings. The summed E-state index contributed by atoms with van der Waals surface area (Å²) < 4.78 is 1.68. The predicted octanol–water partition coefficient (Wildman–Crippen LogP) is 1.07. The van der Waals surface area contributed by atoms with E-state index in [2.05, 4.69) is 5.10 Å². The quantitative estimate of drug-likeness (QED) is 0.797. The first-order valence-electron chi connectivity index (χ1n) is 5.02. The van der Waals surface area contributed by atoms with Crippen LogP contribution in [0.3, 0.4) is 0 Å². The van der Waals surface area contributed by atoms with Crippen LogP contribution >= 0.6 is 0 Å². The molecule has 1 N–H and O–H groups in total. The summed E-state index contributed by atoms with van der Waals surface area (Å²) in [4.78, 5) is 21.4. The number of carboxylic acid groups (broad SMARTS) is 1. The Hall–Kier alpha value is -2.43. The highest BCUT2D eigenvalue weighted by Gasteiger charge is 2.11. The van der Waals surface area contributed by atoms with Crippen molar-refractivity contribution in [3.63, 3.8) is 0 Å². The highest BCUT2D eigenvalue weighted by molar-refractivity contribution is 6.33. The van der Waals surface area contributed by atoms with Crippen LogP contribution < -0.4 is 0 Å². The molecule has 0 aliphatic heterocycles. The maximum atomic E-state index is 11.0. The number of hydrogen-bond acceptors (Lipinski definition) is 3. The molecule has 5 nitrogen and oxygen atoms in total. The van der Waals surface area contributed by atoms with Crippen molar-refractivity contribution in [3.8, 4) is 5.69 Å². The molecule has 0 atom stereocenters. The lowest BCUT2D eigenvalue weighted by atomic mass is 10.1. The number of carbonyl (C=O) groups is 2. The lowest BCUT2D eigenvalue weighted by molar-refractivity contribution is -0.148. The van der Waals surface area contributed by atoms with Gasteiger partial charge in [-0.3, -0.25) is 4.79 Å². The van der Waals surface area contributed by atoms with Gasteiger partial charge in [0.2, 0.25) is 5.78 Å². The molecule has 5 heteroatoms. The van der Waals surface area contributed by atoms with Gasteiger partial charge in [0.15, 0.2) is 0 Å². The Morgan fingerprint density at radius 2 is 1.94 bits per heavy atom. The highest BCUT2D eigenvalue weighted by Crippen LogP contribution is 2.09. The van der Waals surface area contributed by atoms with E-state index in [0.29, 0.717) is 5.56 Å². The molecule has 0 saturated heterocycles. The zero-order chi connectivity index (χ0) is 12.3. The number of nitrogens with zero attached hydrogens (tertiary/aromatic N) is 2. The van der Waals surface area contributed by atoms with Crippen LogP contribution in [0.1, 0.15) is 5.56 Å². The lowest BCUT2D eigenvalue weighted by Crippen LogP contribution is -2.14. The topological polar surface area (TPSA) is 72.2 Å². The second kappa shape index (κ2) is 4.61. The minimum Gasteiger partial charge on any atom is -0.475 e. The maximum Gasteiger partial charge on any atom is 0.372 e. The zero-order valence-electron chi connectivity index (χ0n) is 8.91. The van der Waals surface area contributed by atoms with Crippen molar-refractivity contribution in [1.82, 2.24) is 9.78 Å². The van der Waals surface area contributed by atoms with Gasteiger partial charge in [-0.25, -0.2) is 9.48 Å². The standard InChI is InChI=1S/C12H10N2O3/c15-11(12(16)17)8-9-2-4-10(5-3-9)14-7-1-6-13-14/h1-7H,8H2,(H,16,17). The first-order chi connectivity index (χ1) is 8.16. The third-order valence-electron chi connectivity index (χ3n) is 2.31. The zero-order valence-corrected chi connectivity index (χ0v) is 8.91. The number of hydrogen-bond donors (Lipinski definition) is 1. The van der Waals surface area contributed by atoms with Gasteiger partial charge in [-0.1, -0.05) is 12.1 Å². The number of ketones is 1. The highest BCUT2D eigenvalue weighted by atomic mass is 16.4. The van der Waals surface area contributed by atoms with Crippen molar-refractivity contribution in [3.05, 3.63) is 48.3 Å². The molecular formula is C12H10N2O3. The van der Waals surface area contributed by atoms with Crippen LogP contribution in [0.15, 0.2) is 42.7 Å². The lowest BCUT2D eigenvalue weighted by Gasteiger charge is -2.02. The Morgan fingerprint density at radius 3 is 2.47 bits per heavy atom. The molecule has 1 heterocycles. The molecule has 0 aliphatic rings. The third kappa shape index (κ3) is 2.57. The van der Waals surface area contributed by atoms with Crippen molar-refractivity contribution >= 4 is 11.8 Å². The monoisotopic (exact) mass is 230 g/mol. The van der Waals surface area contributed by atoms with E-state index in [1.54, 1.807) is 41.3 Å². The van der Waals surface area contributed by atoms with E-state index < -0.39 is 11.8 Å². The summed E-state index contributed by atoms with van der Waals surface area (Å²) in [6, 6.07) is 8.83. The van der Waals surface area contributed by atoms with Gasteiger partial charge < -0.3 is 5.11 Å². The molecule has 0 spiro atoms. The van der Waals surface area contributed by atoms with Crippen LogP contribution in [0.25, 0.3) is 5.69 Å². The van der Waals surface area contributed by atoms with Gasteiger partial charge in [-0.15, -0.1) is 0 Å². The van der Waals surface area contributed by atoms with Crippen molar-refractivity contribution in [1.29, 1.82) is 0 Å². The molecule has 1 aromatic heterocycles. The fraction of sp³-hybridized carbons (Fsp3) is 0.0833. The summed E-state index contributed by atoms with van der Waals surface area (Å²) >= 11 is 0. The van der Waals surface area contributed by atoms with Gasteiger partial charge in [-0.2, -0.15) is 5.10 Å².